The van der Waals surface area contributed by atoms with Crippen LogP contribution in [0.3, 0.4) is 0 Å². The topological polar surface area (TPSA) is 36.4 Å². The maximum absolute atomic E-state index is 13.3. The number of aromatic nitrogens is 1. The van der Waals surface area contributed by atoms with Crippen molar-refractivity contribution in [2.24, 2.45) is 0 Å². The number of nitrogens with zero attached hydrogens (tertiary/aromatic N) is 3. The molecule has 144 valence electrons. The van der Waals surface area contributed by atoms with Gasteiger partial charge in [-0.25, -0.2) is 4.98 Å². The van der Waals surface area contributed by atoms with Gasteiger partial charge in [0.2, 0.25) is 0 Å². The first-order chi connectivity index (χ1) is 13.6. The lowest BCUT2D eigenvalue weighted by molar-refractivity contribution is 0.0668. The zero-order valence-electron chi connectivity index (χ0n) is 16.3. The summed E-state index contributed by atoms with van der Waals surface area (Å²) in [5.74, 6) is 0.0653. The van der Waals surface area contributed by atoms with E-state index in [1.54, 1.807) is 11.3 Å². The van der Waals surface area contributed by atoms with Gasteiger partial charge in [0, 0.05) is 42.7 Å². The third-order valence-electron chi connectivity index (χ3n) is 5.22. The van der Waals surface area contributed by atoms with Crippen LogP contribution in [-0.2, 0) is 6.42 Å². The Labute approximate surface area is 170 Å². The maximum Gasteiger partial charge on any atom is 0.274 e. The molecule has 1 aromatic heterocycles. The van der Waals surface area contributed by atoms with Crippen molar-refractivity contribution in [3.63, 3.8) is 0 Å². The van der Waals surface area contributed by atoms with Crippen LogP contribution in [-0.4, -0.2) is 41.5 Å². The van der Waals surface area contributed by atoms with Crippen LogP contribution in [0.5, 0.6) is 0 Å². The number of hydrogen-bond donors (Lipinski definition) is 0. The van der Waals surface area contributed by atoms with E-state index in [1.165, 1.54) is 11.3 Å². The molecule has 0 bridgehead atoms. The van der Waals surface area contributed by atoms with Gasteiger partial charge in [-0.1, -0.05) is 48.5 Å². The van der Waals surface area contributed by atoms with Crippen molar-refractivity contribution in [2.45, 2.75) is 26.3 Å². The first-order valence-corrected chi connectivity index (χ1v) is 10.5. The number of thiazole rings is 1. The molecule has 0 N–H and O–H groups in total. The number of carbonyl (C=O) groups is 1. The lowest BCUT2D eigenvalue weighted by atomic mass is 10.1. The molecule has 1 amide bonds. The van der Waals surface area contributed by atoms with Crippen LogP contribution in [0, 0.1) is 6.92 Å². The number of hydrogen-bond acceptors (Lipinski definition) is 4. The Balaban J connectivity index is 1.51. The number of amides is 1. The smallest absolute Gasteiger partial charge is 0.274 e. The molecule has 2 aromatic carbocycles. The normalized spacial score (nSPS) is 17.0. The Morgan fingerprint density at radius 1 is 1.07 bits per heavy atom. The quantitative estimate of drug-likeness (QED) is 0.662. The number of rotatable bonds is 4. The highest BCUT2D eigenvalue weighted by Gasteiger charge is 2.31. The van der Waals surface area contributed by atoms with Crippen molar-refractivity contribution in [2.75, 3.05) is 24.5 Å². The number of benzene rings is 2. The summed E-state index contributed by atoms with van der Waals surface area (Å²) in [5, 5.41) is 0.949. The SMILES string of the molecule is Cc1nc(C(=O)N2CCN(c3ccccc3)CC2C)c(Cc2ccccc2)s1. The second-order valence-corrected chi connectivity index (χ2v) is 8.58. The minimum atomic E-state index is 0.0653. The minimum absolute atomic E-state index is 0.0653. The van der Waals surface area contributed by atoms with E-state index in [-0.39, 0.29) is 11.9 Å². The third kappa shape index (κ3) is 3.94. The molecule has 1 aliphatic rings. The van der Waals surface area contributed by atoms with Gasteiger partial charge in [-0.05, 0) is 31.5 Å². The van der Waals surface area contributed by atoms with E-state index in [9.17, 15) is 4.79 Å². The lowest BCUT2D eigenvalue weighted by Gasteiger charge is -2.40. The molecule has 1 aliphatic heterocycles. The molecular formula is C23H25N3OS. The third-order valence-corrected chi connectivity index (χ3v) is 6.19. The number of anilines is 1. The predicted molar refractivity (Wildman–Crippen MR) is 115 cm³/mol. The van der Waals surface area contributed by atoms with Gasteiger partial charge in [0.05, 0.1) is 5.01 Å². The summed E-state index contributed by atoms with van der Waals surface area (Å²) in [7, 11) is 0. The zero-order valence-corrected chi connectivity index (χ0v) is 17.2. The van der Waals surface area contributed by atoms with Crippen LogP contribution in [0.15, 0.2) is 60.7 Å². The van der Waals surface area contributed by atoms with E-state index < -0.39 is 0 Å². The summed E-state index contributed by atoms with van der Waals surface area (Å²) in [6, 6.07) is 20.9. The summed E-state index contributed by atoms with van der Waals surface area (Å²) < 4.78 is 0. The van der Waals surface area contributed by atoms with Gasteiger partial charge >= 0.3 is 0 Å². The van der Waals surface area contributed by atoms with E-state index in [0.29, 0.717) is 5.69 Å². The lowest BCUT2D eigenvalue weighted by Crippen LogP contribution is -2.54. The highest BCUT2D eigenvalue weighted by molar-refractivity contribution is 7.11. The molecule has 0 aliphatic carbocycles. The highest BCUT2D eigenvalue weighted by Crippen LogP contribution is 2.25. The van der Waals surface area contributed by atoms with Crippen molar-refractivity contribution in [3.8, 4) is 0 Å². The molecule has 0 radical (unpaired) electrons. The predicted octanol–water partition coefficient (Wildman–Crippen LogP) is 4.39. The van der Waals surface area contributed by atoms with Crippen LogP contribution < -0.4 is 4.90 Å². The van der Waals surface area contributed by atoms with Crippen LogP contribution in [0.4, 0.5) is 5.69 Å². The van der Waals surface area contributed by atoms with Gasteiger partial charge < -0.3 is 9.80 Å². The van der Waals surface area contributed by atoms with Gasteiger partial charge in [-0.15, -0.1) is 11.3 Å². The standard InChI is InChI=1S/C23H25N3OS/c1-17-16-25(20-11-7-4-8-12-20)13-14-26(17)23(27)22-21(28-18(2)24-22)15-19-9-5-3-6-10-19/h3-12,17H,13-16H2,1-2H3. The average Bonchev–Trinajstić information content (AvgIpc) is 3.09. The van der Waals surface area contributed by atoms with Crippen molar-refractivity contribution < 1.29 is 4.79 Å². The molecule has 5 heteroatoms. The van der Waals surface area contributed by atoms with Gasteiger partial charge in [-0.2, -0.15) is 0 Å². The Kier molecular flexibility index (Phi) is 5.44. The van der Waals surface area contributed by atoms with Gasteiger partial charge in [0.25, 0.3) is 5.91 Å². The monoisotopic (exact) mass is 391 g/mol. The Morgan fingerprint density at radius 2 is 1.75 bits per heavy atom. The fraction of sp³-hybridized carbons (Fsp3) is 0.304. The second-order valence-electron chi connectivity index (χ2n) is 7.30. The number of carbonyl (C=O) groups excluding carboxylic acids is 1. The second kappa shape index (κ2) is 8.15. The molecule has 3 aromatic rings. The van der Waals surface area contributed by atoms with Gasteiger partial charge in [0.15, 0.2) is 0 Å². The van der Waals surface area contributed by atoms with Crippen LogP contribution >= 0.6 is 11.3 Å². The molecule has 1 atom stereocenters. The van der Waals surface area contributed by atoms with Gasteiger partial charge in [0.1, 0.15) is 5.69 Å². The molecule has 1 fully saturated rings. The van der Waals surface area contributed by atoms with Crippen LogP contribution in [0.2, 0.25) is 0 Å². The van der Waals surface area contributed by atoms with E-state index in [2.05, 4.69) is 53.2 Å². The zero-order chi connectivity index (χ0) is 19.5. The Hall–Kier alpha value is -2.66. The highest BCUT2D eigenvalue weighted by atomic mass is 32.1. The molecule has 1 saturated heterocycles. The minimum Gasteiger partial charge on any atom is -0.368 e. The van der Waals surface area contributed by atoms with Crippen molar-refractivity contribution in [3.05, 3.63) is 81.8 Å². The fourth-order valence-electron chi connectivity index (χ4n) is 3.81. The summed E-state index contributed by atoms with van der Waals surface area (Å²) in [5.41, 5.74) is 3.06. The first kappa shape index (κ1) is 18.7. The molecule has 4 nitrogen and oxygen atoms in total. The number of piperazine rings is 1. The summed E-state index contributed by atoms with van der Waals surface area (Å²) in [6.45, 7) is 6.51. The van der Waals surface area contributed by atoms with Crippen LogP contribution in [0.25, 0.3) is 0 Å². The van der Waals surface area contributed by atoms with Crippen molar-refractivity contribution in [1.82, 2.24) is 9.88 Å². The van der Waals surface area contributed by atoms with Crippen molar-refractivity contribution >= 4 is 22.9 Å². The summed E-state index contributed by atoms with van der Waals surface area (Å²) in [6.07, 6.45) is 0.756. The molecule has 1 unspecified atom stereocenters. The average molecular weight is 392 g/mol. The largest absolute Gasteiger partial charge is 0.368 e. The molecule has 0 saturated carbocycles. The van der Waals surface area contributed by atoms with E-state index in [4.69, 9.17) is 0 Å². The van der Waals surface area contributed by atoms with E-state index in [1.807, 2.05) is 36.1 Å². The van der Waals surface area contributed by atoms with Crippen LogP contribution in [0.1, 0.15) is 32.9 Å². The van der Waals surface area contributed by atoms with Crippen molar-refractivity contribution in [1.29, 1.82) is 0 Å². The summed E-state index contributed by atoms with van der Waals surface area (Å²) in [4.78, 5) is 23.3. The molecule has 2 heterocycles. The molecule has 0 spiro atoms. The Bertz CT molecular complexity index is 939. The maximum atomic E-state index is 13.3. The fourth-order valence-corrected chi connectivity index (χ4v) is 4.77. The first-order valence-electron chi connectivity index (χ1n) is 9.73. The van der Waals surface area contributed by atoms with E-state index in [0.717, 1.165) is 35.9 Å². The summed E-state index contributed by atoms with van der Waals surface area (Å²) >= 11 is 1.63. The van der Waals surface area contributed by atoms with Gasteiger partial charge in [-0.3, -0.25) is 4.79 Å². The number of aryl methyl sites for hydroxylation is 1. The Morgan fingerprint density at radius 3 is 2.43 bits per heavy atom. The molecule has 28 heavy (non-hydrogen) atoms. The molecular weight excluding hydrogens is 366 g/mol. The van der Waals surface area contributed by atoms with E-state index >= 15 is 0 Å². The number of para-hydroxylation sites is 1. The molecule has 4 rings (SSSR count).